The summed E-state index contributed by atoms with van der Waals surface area (Å²) in [6.45, 7) is 3.44. The fraction of sp³-hybridized carbons (Fsp3) is 0.312. The van der Waals surface area contributed by atoms with E-state index in [-0.39, 0.29) is 24.2 Å². The molecule has 0 N–H and O–H groups in total. The van der Waals surface area contributed by atoms with Crippen molar-refractivity contribution in [3.8, 4) is 0 Å². The van der Waals surface area contributed by atoms with Gasteiger partial charge in [-0.05, 0) is 42.7 Å². The molecular formula is C16H17FN2O2S2. The van der Waals surface area contributed by atoms with Crippen LogP contribution >= 0.6 is 24.0 Å². The third-order valence-corrected chi connectivity index (χ3v) is 4.97. The van der Waals surface area contributed by atoms with Crippen molar-refractivity contribution in [2.75, 3.05) is 20.6 Å². The lowest BCUT2D eigenvalue weighted by Gasteiger charge is -2.17. The Bertz CT molecular complexity index is 706. The van der Waals surface area contributed by atoms with Crippen LogP contribution in [0.2, 0.25) is 0 Å². The van der Waals surface area contributed by atoms with E-state index in [1.54, 1.807) is 27.1 Å². The van der Waals surface area contributed by atoms with Crippen LogP contribution in [0.15, 0.2) is 17.0 Å². The highest BCUT2D eigenvalue weighted by Crippen LogP contribution is 2.32. The minimum absolute atomic E-state index is 0.0870. The highest BCUT2D eigenvalue weighted by Gasteiger charge is 2.33. The number of carbonyl (C=O) groups is 2. The van der Waals surface area contributed by atoms with Gasteiger partial charge in [0.05, 0.1) is 4.91 Å². The van der Waals surface area contributed by atoms with Crippen LogP contribution in [-0.2, 0) is 9.59 Å². The Morgan fingerprint density at radius 1 is 1.39 bits per heavy atom. The van der Waals surface area contributed by atoms with Crippen molar-refractivity contribution < 1.29 is 14.0 Å². The third-order valence-electron chi connectivity index (χ3n) is 3.59. The Morgan fingerprint density at radius 2 is 2.04 bits per heavy atom. The van der Waals surface area contributed by atoms with Crippen LogP contribution in [0.4, 0.5) is 4.39 Å². The fourth-order valence-electron chi connectivity index (χ4n) is 1.99. The van der Waals surface area contributed by atoms with Crippen molar-refractivity contribution in [2.45, 2.75) is 13.8 Å². The molecular weight excluding hydrogens is 335 g/mol. The molecule has 1 aromatic rings. The Kier molecular flexibility index (Phi) is 5.21. The van der Waals surface area contributed by atoms with Crippen LogP contribution in [0.3, 0.4) is 0 Å². The van der Waals surface area contributed by atoms with Gasteiger partial charge in [0, 0.05) is 14.1 Å². The first-order valence-electron chi connectivity index (χ1n) is 6.93. The van der Waals surface area contributed by atoms with E-state index >= 15 is 0 Å². The lowest BCUT2D eigenvalue weighted by Crippen LogP contribution is -2.38. The molecule has 1 aliphatic rings. The molecule has 0 aromatic heterocycles. The Labute approximate surface area is 144 Å². The van der Waals surface area contributed by atoms with Gasteiger partial charge in [-0.25, -0.2) is 4.39 Å². The van der Waals surface area contributed by atoms with Crippen LogP contribution < -0.4 is 0 Å². The molecule has 7 heteroatoms. The zero-order chi connectivity index (χ0) is 17.3. The fourth-order valence-corrected chi connectivity index (χ4v) is 3.25. The van der Waals surface area contributed by atoms with Crippen molar-refractivity contribution in [3.05, 3.63) is 39.5 Å². The maximum atomic E-state index is 13.8. The monoisotopic (exact) mass is 352 g/mol. The van der Waals surface area contributed by atoms with E-state index < -0.39 is 0 Å². The van der Waals surface area contributed by atoms with Crippen molar-refractivity contribution in [3.63, 3.8) is 0 Å². The average Bonchev–Trinajstić information content (AvgIpc) is 2.72. The van der Waals surface area contributed by atoms with E-state index in [0.717, 1.165) is 17.3 Å². The maximum Gasteiger partial charge on any atom is 0.266 e. The molecule has 23 heavy (non-hydrogen) atoms. The molecule has 0 bridgehead atoms. The van der Waals surface area contributed by atoms with Crippen molar-refractivity contribution in [1.82, 2.24) is 9.80 Å². The lowest BCUT2D eigenvalue weighted by atomic mass is 10.1. The number of carbonyl (C=O) groups excluding carboxylic acids is 2. The topological polar surface area (TPSA) is 40.6 Å². The molecule has 4 nitrogen and oxygen atoms in total. The van der Waals surface area contributed by atoms with Crippen molar-refractivity contribution in [1.29, 1.82) is 0 Å². The zero-order valence-electron chi connectivity index (χ0n) is 13.3. The normalized spacial score (nSPS) is 16.4. The summed E-state index contributed by atoms with van der Waals surface area (Å²) in [5.41, 5.74) is 2.01. The van der Waals surface area contributed by atoms with Gasteiger partial charge in [0.1, 0.15) is 16.7 Å². The first kappa shape index (κ1) is 17.6. The quantitative estimate of drug-likeness (QED) is 0.620. The van der Waals surface area contributed by atoms with Gasteiger partial charge >= 0.3 is 0 Å². The molecule has 0 unspecified atom stereocenters. The van der Waals surface area contributed by atoms with E-state index in [0.29, 0.717) is 20.4 Å². The smallest absolute Gasteiger partial charge is 0.266 e. The summed E-state index contributed by atoms with van der Waals surface area (Å²) < 4.78 is 14.2. The second kappa shape index (κ2) is 6.80. The minimum Gasteiger partial charge on any atom is -0.347 e. The van der Waals surface area contributed by atoms with Crippen LogP contribution in [0, 0.1) is 19.7 Å². The van der Waals surface area contributed by atoms with Gasteiger partial charge in [-0.3, -0.25) is 14.5 Å². The highest BCUT2D eigenvalue weighted by atomic mass is 32.2. The Hall–Kier alpha value is -1.73. The number of halogens is 1. The summed E-state index contributed by atoms with van der Waals surface area (Å²) in [6, 6.07) is 3.20. The summed E-state index contributed by atoms with van der Waals surface area (Å²) in [5, 5.41) is 0. The largest absolute Gasteiger partial charge is 0.347 e. The highest BCUT2D eigenvalue weighted by molar-refractivity contribution is 8.26. The number of likely N-dealkylation sites (N-methyl/N-ethyl adjacent to an activating group) is 1. The minimum atomic E-state index is -0.325. The summed E-state index contributed by atoms with van der Waals surface area (Å²) in [5.74, 6) is -0.844. The average molecular weight is 352 g/mol. The van der Waals surface area contributed by atoms with Crippen LogP contribution in [-0.4, -0.2) is 46.6 Å². The number of thiocarbonyl (C=S) groups is 1. The Morgan fingerprint density at radius 3 is 2.61 bits per heavy atom. The predicted molar refractivity (Wildman–Crippen MR) is 94.4 cm³/mol. The van der Waals surface area contributed by atoms with Crippen molar-refractivity contribution >= 4 is 46.2 Å². The molecule has 0 saturated carbocycles. The van der Waals surface area contributed by atoms with E-state index in [1.807, 2.05) is 13.0 Å². The predicted octanol–water partition coefficient (Wildman–Crippen LogP) is 2.73. The molecule has 0 spiro atoms. The molecule has 1 saturated heterocycles. The number of aryl methyl sites for hydroxylation is 1. The number of hydrogen-bond donors (Lipinski definition) is 0. The molecule has 2 rings (SSSR count). The number of amides is 2. The summed E-state index contributed by atoms with van der Waals surface area (Å²) >= 11 is 6.29. The zero-order valence-corrected chi connectivity index (χ0v) is 15.0. The summed E-state index contributed by atoms with van der Waals surface area (Å²) in [7, 11) is 3.24. The number of hydrogen-bond acceptors (Lipinski definition) is 4. The van der Waals surface area contributed by atoms with Gasteiger partial charge in [-0.1, -0.05) is 30.0 Å². The molecule has 2 amide bonds. The second-order valence-electron chi connectivity index (χ2n) is 5.50. The van der Waals surface area contributed by atoms with Crippen LogP contribution in [0.5, 0.6) is 0 Å². The van der Waals surface area contributed by atoms with E-state index in [4.69, 9.17) is 12.2 Å². The number of thioether (sulfide) groups is 1. The SMILES string of the molecule is Cc1cc(/C=C2\SC(=S)N(CC(=O)N(C)C)C2=O)cc(F)c1C. The van der Waals surface area contributed by atoms with Crippen LogP contribution in [0.25, 0.3) is 6.08 Å². The van der Waals surface area contributed by atoms with Gasteiger partial charge in [-0.2, -0.15) is 0 Å². The van der Waals surface area contributed by atoms with Gasteiger partial charge in [0.2, 0.25) is 5.91 Å². The van der Waals surface area contributed by atoms with Gasteiger partial charge in [-0.15, -0.1) is 0 Å². The molecule has 0 radical (unpaired) electrons. The lowest BCUT2D eigenvalue weighted by molar-refractivity contribution is -0.133. The van der Waals surface area contributed by atoms with Crippen LogP contribution in [0.1, 0.15) is 16.7 Å². The van der Waals surface area contributed by atoms with Gasteiger partial charge < -0.3 is 4.90 Å². The molecule has 0 aliphatic carbocycles. The standard InChI is InChI=1S/C16H17FN2O2S2/c1-9-5-11(6-12(17)10(9)2)7-13-15(21)19(16(22)23-13)8-14(20)18(3)4/h5-7H,8H2,1-4H3/b13-7-. The maximum absolute atomic E-state index is 13.8. The molecule has 1 fully saturated rings. The molecule has 1 aromatic carbocycles. The second-order valence-corrected chi connectivity index (χ2v) is 7.18. The van der Waals surface area contributed by atoms with E-state index in [9.17, 15) is 14.0 Å². The first-order valence-corrected chi connectivity index (χ1v) is 8.15. The van der Waals surface area contributed by atoms with Crippen molar-refractivity contribution in [2.24, 2.45) is 0 Å². The van der Waals surface area contributed by atoms with E-state index in [1.165, 1.54) is 15.9 Å². The number of benzene rings is 1. The number of nitrogens with zero attached hydrogens (tertiary/aromatic N) is 2. The first-order chi connectivity index (χ1) is 10.7. The molecule has 122 valence electrons. The van der Waals surface area contributed by atoms with E-state index in [2.05, 4.69) is 0 Å². The van der Waals surface area contributed by atoms with Gasteiger partial charge in [0.25, 0.3) is 5.91 Å². The number of rotatable bonds is 3. The van der Waals surface area contributed by atoms with Gasteiger partial charge in [0.15, 0.2) is 0 Å². The Balaban J connectivity index is 2.27. The summed E-state index contributed by atoms with van der Waals surface area (Å²) in [6.07, 6.45) is 1.61. The molecule has 1 aliphatic heterocycles. The third kappa shape index (κ3) is 3.79. The molecule has 0 atom stereocenters. The molecule has 1 heterocycles. The summed E-state index contributed by atoms with van der Waals surface area (Å²) in [4.78, 5) is 27.2.